The summed E-state index contributed by atoms with van der Waals surface area (Å²) in [5.41, 5.74) is 1.34. The van der Waals surface area contributed by atoms with Crippen LogP contribution in [0.4, 0.5) is 5.82 Å². The maximum Gasteiger partial charge on any atom is 0.240 e. The molecular weight excluding hydrogens is 316 g/mol. The van der Waals surface area contributed by atoms with Crippen LogP contribution in [-0.4, -0.2) is 70.9 Å². The zero-order chi connectivity index (χ0) is 17.4. The Labute approximate surface area is 147 Å². The monoisotopic (exact) mass is 338 g/mol. The van der Waals surface area contributed by atoms with E-state index in [1.165, 1.54) is 0 Å². The molecule has 7 nitrogen and oxygen atoms in total. The molecule has 1 atom stereocenters. The minimum atomic E-state index is 0.0383. The molecule has 0 spiro atoms. The fourth-order valence-electron chi connectivity index (χ4n) is 3.88. The van der Waals surface area contributed by atoms with E-state index in [-0.39, 0.29) is 11.9 Å². The number of nitriles is 1. The van der Waals surface area contributed by atoms with Crippen molar-refractivity contribution >= 4 is 17.4 Å². The molecule has 4 rings (SSSR count). The second kappa shape index (κ2) is 6.37. The van der Waals surface area contributed by atoms with Gasteiger partial charge in [-0.3, -0.25) is 14.1 Å². The quantitative estimate of drug-likeness (QED) is 0.815. The molecule has 2 aromatic rings. The number of rotatable bonds is 2. The van der Waals surface area contributed by atoms with E-state index in [0.717, 1.165) is 30.9 Å². The van der Waals surface area contributed by atoms with E-state index in [1.54, 1.807) is 0 Å². The minimum absolute atomic E-state index is 0.0383. The van der Waals surface area contributed by atoms with Crippen molar-refractivity contribution in [2.75, 3.05) is 44.7 Å². The average molecular weight is 338 g/mol. The Morgan fingerprint density at radius 2 is 2.04 bits per heavy atom. The lowest BCUT2D eigenvalue weighted by Crippen LogP contribution is -2.53. The zero-order valence-electron chi connectivity index (χ0n) is 14.4. The highest BCUT2D eigenvalue weighted by atomic mass is 16.2. The Morgan fingerprint density at radius 1 is 1.24 bits per heavy atom. The summed E-state index contributed by atoms with van der Waals surface area (Å²) in [5.74, 6) is 0.967. The molecule has 2 saturated heterocycles. The molecular formula is C18H22N6O. The van der Waals surface area contributed by atoms with Crippen molar-refractivity contribution in [1.82, 2.24) is 19.2 Å². The van der Waals surface area contributed by atoms with Gasteiger partial charge in [0.25, 0.3) is 0 Å². The lowest BCUT2D eigenvalue weighted by Gasteiger charge is -2.37. The van der Waals surface area contributed by atoms with Gasteiger partial charge >= 0.3 is 0 Å². The molecule has 0 saturated carbocycles. The van der Waals surface area contributed by atoms with Gasteiger partial charge in [0, 0.05) is 32.4 Å². The largest absolute Gasteiger partial charge is 0.351 e. The Kier molecular flexibility index (Phi) is 4.06. The van der Waals surface area contributed by atoms with Gasteiger partial charge in [-0.2, -0.15) is 5.26 Å². The predicted octanol–water partition coefficient (Wildman–Crippen LogP) is 0.949. The minimum Gasteiger partial charge on any atom is -0.351 e. The third kappa shape index (κ3) is 2.72. The smallest absolute Gasteiger partial charge is 0.240 e. The highest BCUT2D eigenvalue weighted by molar-refractivity contribution is 5.82. The van der Waals surface area contributed by atoms with E-state index < -0.39 is 0 Å². The Hall–Kier alpha value is -2.59. The zero-order valence-corrected chi connectivity index (χ0v) is 14.4. The van der Waals surface area contributed by atoms with E-state index in [1.807, 2.05) is 40.7 Å². The number of hydrogen-bond donors (Lipinski definition) is 0. The number of likely N-dealkylation sites (tertiary alicyclic amines) is 1. The molecule has 130 valence electrons. The van der Waals surface area contributed by atoms with Crippen LogP contribution in [0.15, 0.2) is 24.4 Å². The van der Waals surface area contributed by atoms with E-state index in [0.29, 0.717) is 31.9 Å². The highest BCUT2D eigenvalue weighted by Crippen LogP contribution is 2.23. The summed E-state index contributed by atoms with van der Waals surface area (Å²) in [4.78, 5) is 23.6. The van der Waals surface area contributed by atoms with Crippen LogP contribution < -0.4 is 4.90 Å². The summed E-state index contributed by atoms with van der Waals surface area (Å²) in [7, 11) is 2.03. The molecule has 0 N–H and O–H groups in total. The topological polar surface area (TPSA) is 67.9 Å². The number of carbonyl (C=O) groups is 1. The number of hydrogen-bond acceptors (Lipinski definition) is 5. The van der Waals surface area contributed by atoms with Crippen molar-refractivity contribution in [2.24, 2.45) is 0 Å². The summed E-state index contributed by atoms with van der Waals surface area (Å²) in [6, 6.07) is 8.03. The molecule has 2 aliphatic heterocycles. The van der Waals surface area contributed by atoms with Crippen LogP contribution in [-0.2, 0) is 4.79 Å². The number of anilines is 1. The summed E-state index contributed by atoms with van der Waals surface area (Å²) in [6.07, 6.45) is 3.92. The van der Waals surface area contributed by atoms with Crippen LogP contribution in [0.1, 0.15) is 18.5 Å². The number of piperazine rings is 1. The third-order valence-electron chi connectivity index (χ3n) is 5.31. The maximum absolute atomic E-state index is 12.7. The molecule has 0 aliphatic carbocycles. The summed E-state index contributed by atoms with van der Waals surface area (Å²) in [5, 5.41) is 9.54. The summed E-state index contributed by atoms with van der Waals surface area (Å²) in [6.45, 7) is 3.79. The number of amides is 1. The van der Waals surface area contributed by atoms with E-state index in [4.69, 9.17) is 0 Å². The van der Waals surface area contributed by atoms with Crippen molar-refractivity contribution in [1.29, 1.82) is 5.26 Å². The second-order valence-corrected chi connectivity index (χ2v) is 6.78. The van der Waals surface area contributed by atoms with Gasteiger partial charge in [-0.05, 0) is 38.6 Å². The predicted molar refractivity (Wildman–Crippen MR) is 94.4 cm³/mol. The molecule has 0 aromatic carbocycles. The van der Waals surface area contributed by atoms with Gasteiger partial charge in [-0.15, -0.1) is 0 Å². The molecule has 1 unspecified atom stereocenters. The van der Waals surface area contributed by atoms with E-state index in [2.05, 4.69) is 20.9 Å². The third-order valence-corrected chi connectivity index (χ3v) is 5.31. The lowest BCUT2D eigenvalue weighted by atomic mass is 10.1. The number of fused-ring (bicyclic) bond motifs is 1. The van der Waals surface area contributed by atoms with Crippen LogP contribution in [0.25, 0.3) is 5.65 Å². The summed E-state index contributed by atoms with van der Waals surface area (Å²) >= 11 is 0. The van der Waals surface area contributed by atoms with Gasteiger partial charge in [0.15, 0.2) is 11.5 Å². The van der Waals surface area contributed by atoms with Crippen molar-refractivity contribution in [3.63, 3.8) is 0 Å². The van der Waals surface area contributed by atoms with Crippen LogP contribution in [0.2, 0.25) is 0 Å². The van der Waals surface area contributed by atoms with Gasteiger partial charge in [0.2, 0.25) is 5.91 Å². The van der Waals surface area contributed by atoms with E-state index >= 15 is 0 Å². The standard InChI is InChI=1S/C18H22N6O/c1-21-7-4-5-14(21)18(25)23-11-9-22(10-12-23)17-15(13-19)24-8-3-2-6-16(24)20-17/h2-3,6,8,14H,4-5,7,9-12H2,1H3. The number of nitrogens with zero attached hydrogens (tertiary/aromatic N) is 6. The van der Waals surface area contributed by atoms with Gasteiger partial charge in [0.05, 0.1) is 6.04 Å². The normalized spacial score (nSPS) is 21.7. The van der Waals surface area contributed by atoms with Crippen molar-refractivity contribution in [3.05, 3.63) is 30.1 Å². The maximum atomic E-state index is 12.7. The molecule has 7 heteroatoms. The van der Waals surface area contributed by atoms with Crippen LogP contribution in [0.5, 0.6) is 0 Å². The number of pyridine rings is 1. The van der Waals surface area contributed by atoms with Crippen LogP contribution in [0.3, 0.4) is 0 Å². The fourth-order valence-corrected chi connectivity index (χ4v) is 3.88. The summed E-state index contributed by atoms with van der Waals surface area (Å²) < 4.78 is 1.82. The number of imidazole rings is 1. The fraction of sp³-hybridized carbons (Fsp3) is 0.500. The van der Waals surface area contributed by atoms with Crippen molar-refractivity contribution in [2.45, 2.75) is 18.9 Å². The van der Waals surface area contributed by atoms with Crippen molar-refractivity contribution in [3.8, 4) is 6.07 Å². The first kappa shape index (κ1) is 15.9. The molecule has 25 heavy (non-hydrogen) atoms. The number of carbonyl (C=O) groups excluding carboxylic acids is 1. The van der Waals surface area contributed by atoms with Gasteiger partial charge in [-0.1, -0.05) is 6.07 Å². The Bertz CT molecular complexity index is 830. The first-order valence-corrected chi connectivity index (χ1v) is 8.80. The number of aromatic nitrogens is 2. The van der Waals surface area contributed by atoms with Gasteiger partial charge in [0.1, 0.15) is 11.7 Å². The molecule has 2 aliphatic rings. The van der Waals surface area contributed by atoms with Crippen molar-refractivity contribution < 1.29 is 4.79 Å². The lowest BCUT2D eigenvalue weighted by molar-refractivity contribution is -0.135. The second-order valence-electron chi connectivity index (χ2n) is 6.78. The van der Waals surface area contributed by atoms with Crippen LogP contribution in [0, 0.1) is 11.3 Å². The molecule has 2 aromatic heterocycles. The molecule has 0 radical (unpaired) electrons. The SMILES string of the molecule is CN1CCCC1C(=O)N1CCN(c2nc3ccccn3c2C#N)CC1. The first-order valence-electron chi connectivity index (χ1n) is 8.80. The average Bonchev–Trinajstić information content (AvgIpc) is 3.24. The van der Waals surface area contributed by atoms with Gasteiger partial charge < -0.3 is 9.80 Å². The Morgan fingerprint density at radius 3 is 2.72 bits per heavy atom. The molecule has 1 amide bonds. The Balaban J connectivity index is 1.49. The van der Waals surface area contributed by atoms with Crippen LogP contribution >= 0.6 is 0 Å². The molecule has 4 heterocycles. The van der Waals surface area contributed by atoms with Gasteiger partial charge in [-0.25, -0.2) is 4.98 Å². The van der Waals surface area contributed by atoms with E-state index in [9.17, 15) is 10.1 Å². The number of likely N-dealkylation sites (N-methyl/N-ethyl adjacent to an activating group) is 1. The molecule has 2 fully saturated rings. The first-order chi connectivity index (χ1) is 12.2. The molecule has 0 bridgehead atoms. The highest BCUT2D eigenvalue weighted by Gasteiger charge is 2.33.